The van der Waals surface area contributed by atoms with E-state index in [9.17, 15) is 20.0 Å². The minimum Gasteiger partial charge on any atom is -0.501 e. The number of carbonyl (C=O) groups is 1. The standard InChI is InChI=1S/C25H22N6O4/c1-14-8-9-17(11-27-14)20(19-7-5-4-6-16(19)10-26)15(2)23-30-21(22(32)25(34)31(23)3)24(33)29-18-12-28-35-13-18/h4-9,11-13,15,20,32H,1-3H3,(H,29,33)/t15-,20+/m0/s1. The molecule has 0 bridgehead atoms. The normalized spacial score (nSPS) is 12.5. The molecule has 10 nitrogen and oxygen atoms in total. The highest BCUT2D eigenvalue weighted by atomic mass is 16.5. The van der Waals surface area contributed by atoms with Gasteiger partial charge in [-0.15, -0.1) is 0 Å². The fraction of sp³-hybridized carbons (Fsp3) is 0.200. The summed E-state index contributed by atoms with van der Waals surface area (Å²) < 4.78 is 5.91. The second kappa shape index (κ2) is 9.61. The van der Waals surface area contributed by atoms with Crippen molar-refractivity contribution >= 4 is 11.6 Å². The molecule has 0 saturated heterocycles. The molecule has 3 heterocycles. The molecule has 10 heteroatoms. The molecule has 0 aliphatic heterocycles. The number of aromatic nitrogens is 4. The van der Waals surface area contributed by atoms with E-state index in [-0.39, 0.29) is 11.5 Å². The first-order chi connectivity index (χ1) is 16.8. The predicted molar refractivity (Wildman–Crippen MR) is 126 cm³/mol. The Morgan fingerprint density at radius 2 is 2.00 bits per heavy atom. The molecular weight excluding hydrogens is 448 g/mol. The van der Waals surface area contributed by atoms with Crippen molar-refractivity contribution in [1.82, 2.24) is 19.7 Å². The van der Waals surface area contributed by atoms with Gasteiger partial charge in [0.15, 0.2) is 5.69 Å². The molecule has 35 heavy (non-hydrogen) atoms. The van der Waals surface area contributed by atoms with Gasteiger partial charge in [-0.05, 0) is 30.2 Å². The molecule has 1 amide bonds. The highest BCUT2D eigenvalue weighted by Gasteiger charge is 2.30. The topological polar surface area (TPSA) is 147 Å². The average molecular weight is 470 g/mol. The maximum Gasteiger partial charge on any atom is 0.296 e. The van der Waals surface area contributed by atoms with E-state index in [0.29, 0.717) is 5.56 Å². The van der Waals surface area contributed by atoms with Crippen molar-refractivity contribution < 1.29 is 14.4 Å². The van der Waals surface area contributed by atoms with Gasteiger partial charge in [0.25, 0.3) is 11.5 Å². The molecule has 0 aliphatic rings. The quantitative estimate of drug-likeness (QED) is 0.436. The van der Waals surface area contributed by atoms with Gasteiger partial charge in [0.05, 0.1) is 17.8 Å². The highest BCUT2D eigenvalue weighted by Crippen LogP contribution is 2.39. The van der Waals surface area contributed by atoms with Gasteiger partial charge in [-0.1, -0.05) is 36.3 Å². The lowest BCUT2D eigenvalue weighted by atomic mass is 9.79. The number of aromatic hydroxyl groups is 1. The summed E-state index contributed by atoms with van der Waals surface area (Å²) >= 11 is 0. The molecule has 0 saturated carbocycles. The first-order valence-electron chi connectivity index (χ1n) is 10.7. The number of hydrogen-bond donors (Lipinski definition) is 2. The minimum absolute atomic E-state index is 0.248. The average Bonchev–Trinajstić information content (AvgIpc) is 3.37. The van der Waals surface area contributed by atoms with E-state index in [1.807, 2.05) is 38.1 Å². The van der Waals surface area contributed by atoms with Crippen LogP contribution in [0.1, 0.15) is 57.5 Å². The molecule has 2 atom stereocenters. The summed E-state index contributed by atoms with van der Waals surface area (Å²) in [5.74, 6) is -2.22. The number of pyridine rings is 1. The molecule has 176 valence electrons. The Bertz CT molecular complexity index is 1470. The number of hydrogen-bond acceptors (Lipinski definition) is 8. The van der Waals surface area contributed by atoms with Gasteiger partial charge in [-0.25, -0.2) is 4.98 Å². The van der Waals surface area contributed by atoms with Gasteiger partial charge in [0, 0.05) is 30.8 Å². The second-order valence-electron chi connectivity index (χ2n) is 8.10. The fourth-order valence-corrected chi connectivity index (χ4v) is 4.05. The molecule has 2 N–H and O–H groups in total. The van der Waals surface area contributed by atoms with Crippen LogP contribution in [0.3, 0.4) is 0 Å². The maximum atomic E-state index is 12.9. The van der Waals surface area contributed by atoms with Crippen LogP contribution in [-0.4, -0.2) is 30.7 Å². The molecule has 4 aromatic rings. The Kier molecular flexibility index (Phi) is 6.42. The Morgan fingerprint density at radius 3 is 2.66 bits per heavy atom. The molecule has 0 unspecified atom stereocenters. The van der Waals surface area contributed by atoms with E-state index in [1.165, 1.54) is 24.1 Å². The predicted octanol–water partition coefficient (Wildman–Crippen LogP) is 3.24. The number of nitriles is 1. The number of rotatable bonds is 6. The maximum absolute atomic E-state index is 12.9. The fourth-order valence-electron chi connectivity index (χ4n) is 4.05. The van der Waals surface area contributed by atoms with Crippen LogP contribution in [0.5, 0.6) is 5.75 Å². The molecule has 4 rings (SSSR count). The number of anilines is 1. The summed E-state index contributed by atoms with van der Waals surface area (Å²) in [4.78, 5) is 34.5. The molecule has 0 radical (unpaired) electrons. The van der Waals surface area contributed by atoms with Crippen LogP contribution < -0.4 is 10.9 Å². The van der Waals surface area contributed by atoms with Crippen molar-refractivity contribution in [3.05, 3.63) is 99.3 Å². The number of carbonyl (C=O) groups excluding carboxylic acids is 1. The van der Waals surface area contributed by atoms with Crippen LogP contribution in [0, 0.1) is 18.3 Å². The van der Waals surface area contributed by atoms with Crippen LogP contribution in [0.15, 0.2) is 64.4 Å². The molecule has 3 aromatic heterocycles. The number of nitrogens with one attached hydrogen (secondary N) is 1. The van der Waals surface area contributed by atoms with Crippen LogP contribution in [-0.2, 0) is 7.05 Å². The molecule has 1 aromatic carbocycles. The van der Waals surface area contributed by atoms with Gasteiger partial charge < -0.3 is 14.9 Å². The first kappa shape index (κ1) is 23.4. The molecule has 0 spiro atoms. The summed E-state index contributed by atoms with van der Waals surface area (Å²) in [6, 6.07) is 13.2. The van der Waals surface area contributed by atoms with E-state index in [2.05, 4.69) is 26.5 Å². The Labute approximate surface area is 200 Å². The smallest absolute Gasteiger partial charge is 0.296 e. The monoisotopic (exact) mass is 470 g/mol. The molecule has 0 aliphatic carbocycles. The first-order valence-corrected chi connectivity index (χ1v) is 10.7. The molecule has 0 fully saturated rings. The third-order valence-electron chi connectivity index (χ3n) is 5.82. The zero-order chi connectivity index (χ0) is 25.1. The summed E-state index contributed by atoms with van der Waals surface area (Å²) in [7, 11) is 1.48. The summed E-state index contributed by atoms with van der Waals surface area (Å²) in [5.41, 5.74) is 1.89. The van der Waals surface area contributed by atoms with Crippen molar-refractivity contribution in [2.24, 2.45) is 7.05 Å². The van der Waals surface area contributed by atoms with Crippen molar-refractivity contribution in [1.29, 1.82) is 5.26 Å². The zero-order valence-electron chi connectivity index (χ0n) is 19.3. The van der Waals surface area contributed by atoms with E-state index < -0.39 is 34.7 Å². The van der Waals surface area contributed by atoms with E-state index in [1.54, 1.807) is 18.3 Å². The molecular formula is C25H22N6O4. The third kappa shape index (κ3) is 4.52. The summed E-state index contributed by atoms with van der Waals surface area (Å²) in [6.07, 6.45) is 4.21. The van der Waals surface area contributed by atoms with E-state index in [0.717, 1.165) is 16.8 Å². The zero-order valence-corrected chi connectivity index (χ0v) is 19.3. The van der Waals surface area contributed by atoms with Gasteiger partial charge in [0.1, 0.15) is 17.8 Å². The number of nitrogens with zero attached hydrogens (tertiary/aromatic N) is 5. The number of benzene rings is 1. The number of amides is 1. The Morgan fingerprint density at radius 1 is 1.23 bits per heavy atom. The van der Waals surface area contributed by atoms with Crippen LogP contribution in [0.2, 0.25) is 0 Å². The Hall–Kier alpha value is -4.78. The van der Waals surface area contributed by atoms with Crippen molar-refractivity contribution in [3.8, 4) is 11.8 Å². The van der Waals surface area contributed by atoms with Crippen LogP contribution in [0.25, 0.3) is 0 Å². The highest BCUT2D eigenvalue weighted by molar-refractivity contribution is 6.04. The Balaban J connectivity index is 1.86. The lowest BCUT2D eigenvalue weighted by molar-refractivity contribution is 0.101. The summed E-state index contributed by atoms with van der Waals surface area (Å²) in [5, 5.41) is 26.2. The lowest BCUT2D eigenvalue weighted by Crippen LogP contribution is -2.29. The minimum atomic E-state index is -0.789. The third-order valence-corrected chi connectivity index (χ3v) is 5.82. The summed E-state index contributed by atoms with van der Waals surface area (Å²) in [6.45, 7) is 3.72. The lowest BCUT2D eigenvalue weighted by Gasteiger charge is -2.27. The van der Waals surface area contributed by atoms with Crippen molar-refractivity contribution in [3.63, 3.8) is 0 Å². The van der Waals surface area contributed by atoms with Crippen LogP contribution >= 0.6 is 0 Å². The SMILES string of the molecule is Cc1ccc([C@H](c2ccccc2C#N)[C@H](C)c2nc(C(=O)Nc3cnoc3)c(O)c(=O)n2C)cn1. The van der Waals surface area contributed by atoms with Crippen molar-refractivity contribution in [2.75, 3.05) is 5.32 Å². The number of aryl methyl sites for hydroxylation is 1. The van der Waals surface area contributed by atoms with E-state index in [4.69, 9.17) is 4.52 Å². The van der Waals surface area contributed by atoms with Crippen LogP contribution in [0.4, 0.5) is 5.69 Å². The van der Waals surface area contributed by atoms with Gasteiger partial charge in [-0.2, -0.15) is 5.26 Å². The van der Waals surface area contributed by atoms with Crippen molar-refractivity contribution in [2.45, 2.75) is 25.7 Å². The van der Waals surface area contributed by atoms with Gasteiger partial charge >= 0.3 is 0 Å². The van der Waals surface area contributed by atoms with E-state index >= 15 is 0 Å². The van der Waals surface area contributed by atoms with Gasteiger partial charge in [0.2, 0.25) is 5.75 Å². The largest absolute Gasteiger partial charge is 0.501 e. The second-order valence-corrected chi connectivity index (χ2v) is 8.10. The van der Waals surface area contributed by atoms with Gasteiger partial charge in [-0.3, -0.25) is 19.1 Å².